The maximum absolute atomic E-state index is 12.8. The fraction of sp³-hybridized carbons (Fsp3) is 0.273. The van der Waals surface area contributed by atoms with E-state index in [2.05, 4.69) is 39.8 Å². The van der Waals surface area contributed by atoms with E-state index in [1.54, 1.807) is 0 Å². The number of hydrogen-bond donors (Lipinski definition) is 4. The Morgan fingerprint density at radius 3 is 2.48 bits per heavy atom. The molecule has 1 aliphatic heterocycles. The second-order valence-electron chi connectivity index (χ2n) is 7.69. The van der Waals surface area contributed by atoms with Crippen LogP contribution in [0, 0.1) is 0 Å². The number of carbonyl (C=O) groups excluding carboxylic acids is 2. The third kappa shape index (κ3) is 6.55. The molecule has 1 aliphatic rings. The first-order chi connectivity index (χ1) is 15.5. The molecule has 0 bridgehead atoms. The zero-order valence-corrected chi connectivity index (χ0v) is 17.9. The van der Waals surface area contributed by atoms with E-state index in [0.29, 0.717) is 11.6 Å². The number of carbonyl (C=O) groups is 2. The molecule has 8 nitrogen and oxygen atoms in total. The van der Waals surface area contributed by atoms with Gasteiger partial charge in [-0.3, -0.25) is 14.9 Å². The lowest BCUT2D eigenvalue weighted by Crippen LogP contribution is -2.32. The van der Waals surface area contributed by atoms with Crippen LogP contribution in [0.25, 0.3) is 0 Å². The van der Waals surface area contributed by atoms with Gasteiger partial charge in [-0.1, -0.05) is 32.0 Å². The van der Waals surface area contributed by atoms with E-state index >= 15 is 0 Å². The molecule has 0 aromatic heterocycles. The molecule has 0 aliphatic carbocycles. The lowest BCUT2D eigenvalue weighted by molar-refractivity contribution is -0.137. The van der Waals surface area contributed by atoms with Crippen LogP contribution in [0.5, 0.6) is 0 Å². The Bertz CT molecular complexity index is 1090. The first kappa shape index (κ1) is 23.8. The molecular formula is C22H23F3N6O2. The van der Waals surface area contributed by atoms with Gasteiger partial charge in [0.1, 0.15) is 6.04 Å². The van der Waals surface area contributed by atoms with Gasteiger partial charge in [0.25, 0.3) is 5.91 Å². The number of nitrogens with one attached hydrogen (secondary N) is 3. The van der Waals surface area contributed by atoms with Crippen molar-refractivity contribution >= 4 is 35.1 Å². The van der Waals surface area contributed by atoms with Crippen LogP contribution in [0.15, 0.2) is 58.5 Å². The van der Waals surface area contributed by atoms with E-state index in [4.69, 9.17) is 5.73 Å². The Balaban J connectivity index is 1.60. The number of rotatable bonds is 5. The molecule has 33 heavy (non-hydrogen) atoms. The van der Waals surface area contributed by atoms with E-state index in [-0.39, 0.29) is 24.0 Å². The molecule has 2 aromatic carbocycles. The normalized spacial score (nSPS) is 16.4. The smallest absolute Gasteiger partial charge is 0.369 e. The highest BCUT2D eigenvalue weighted by Gasteiger charge is 2.31. The summed E-state index contributed by atoms with van der Waals surface area (Å²) in [6.45, 7) is 4.16. The summed E-state index contributed by atoms with van der Waals surface area (Å²) in [4.78, 5) is 32.4. The molecular weight excluding hydrogens is 437 g/mol. The van der Waals surface area contributed by atoms with Crippen molar-refractivity contribution in [3.8, 4) is 0 Å². The molecule has 3 rings (SSSR count). The highest BCUT2D eigenvalue weighted by atomic mass is 19.4. The van der Waals surface area contributed by atoms with Crippen LogP contribution in [0.4, 0.5) is 24.5 Å². The van der Waals surface area contributed by atoms with E-state index in [9.17, 15) is 22.8 Å². The molecule has 0 saturated carbocycles. The van der Waals surface area contributed by atoms with Crippen LogP contribution in [-0.4, -0.2) is 29.8 Å². The molecule has 0 unspecified atom stereocenters. The summed E-state index contributed by atoms with van der Waals surface area (Å²) in [5, 5.41) is 7.64. The van der Waals surface area contributed by atoms with Gasteiger partial charge < -0.3 is 16.4 Å². The lowest BCUT2D eigenvalue weighted by Gasteiger charge is -2.10. The van der Waals surface area contributed by atoms with Crippen molar-refractivity contribution in [2.45, 2.75) is 38.4 Å². The lowest BCUT2D eigenvalue weighted by atomic mass is 10.0. The molecule has 0 radical (unpaired) electrons. The summed E-state index contributed by atoms with van der Waals surface area (Å²) in [6.07, 6.45) is -4.90. The van der Waals surface area contributed by atoms with Crippen LogP contribution in [-0.2, 0) is 15.8 Å². The molecule has 2 aromatic rings. The maximum atomic E-state index is 12.8. The highest BCUT2D eigenvalue weighted by molar-refractivity contribution is 6.11. The van der Waals surface area contributed by atoms with Gasteiger partial charge in [-0.25, -0.2) is 4.99 Å². The largest absolute Gasteiger partial charge is 0.416 e. The van der Waals surface area contributed by atoms with Gasteiger partial charge in [0.15, 0.2) is 0 Å². The summed E-state index contributed by atoms with van der Waals surface area (Å²) in [7, 11) is 0. The van der Waals surface area contributed by atoms with E-state index < -0.39 is 29.6 Å². The predicted octanol–water partition coefficient (Wildman–Crippen LogP) is 3.44. The van der Waals surface area contributed by atoms with Crippen molar-refractivity contribution in [2.24, 2.45) is 15.7 Å². The highest BCUT2D eigenvalue weighted by Crippen LogP contribution is 2.30. The van der Waals surface area contributed by atoms with Gasteiger partial charge in [-0.15, -0.1) is 0 Å². The second-order valence-corrected chi connectivity index (χ2v) is 7.69. The van der Waals surface area contributed by atoms with Crippen molar-refractivity contribution in [1.29, 1.82) is 0 Å². The number of nitrogens with zero attached hydrogens (tertiary/aromatic N) is 2. The number of alkyl halides is 3. The minimum atomic E-state index is -4.53. The molecule has 1 heterocycles. The third-order valence-corrected chi connectivity index (χ3v) is 4.74. The number of hydrogen-bond acceptors (Lipinski definition) is 4. The minimum Gasteiger partial charge on any atom is -0.369 e. The minimum absolute atomic E-state index is 0.0135. The monoisotopic (exact) mass is 460 g/mol. The van der Waals surface area contributed by atoms with Crippen molar-refractivity contribution in [1.82, 2.24) is 5.32 Å². The van der Waals surface area contributed by atoms with Crippen LogP contribution < -0.4 is 21.7 Å². The Hall–Kier alpha value is -3.89. The Morgan fingerprint density at radius 2 is 1.85 bits per heavy atom. The summed E-state index contributed by atoms with van der Waals surface area (Å²) < 4.78 is 38.4. The topological polar surface area (TPSA) is 121 Å². The van der Waals surface area contributed by atoms with Gasteiger partial charge in [0.2, 0.25) is 17.8 Å². The molecule has 0 saturated heterocycles. The fourth-order valence-corrected chi connectivity index (χ4v) is 3.03. The first-order valence-corrected chi connectivity index (χ1v) is 10.1. The van der Waals surface area contributed by atoms with Crippen LogP contribution in [0.3, 0.4) is 0 Å². The standard InChI is InChI=1S/C22H23F3N6O2/c1-12(2)13-6-8-15(9-7-13)28-20(26)31-21-29-17(19(33)30-21)11-18(32)27-16-5-3-4-14(10-16)22(23,24)25/h3-10,12,17H,11H2,1-2H3,(H,27,32)(H4,26,28,29,30,31,33)/t17-/m1/s1. The summed E-state index contributed by atoms with van der Waals surface area (Å²) in [6, 6.07) is 10.7. The van der Waals surface area contributed by atoms with Gasteiger partial charge >= 0.3 is 6.18 Å². The van der Waals surface area contributed by atoms with Crippen LogP contribution in [0.2, 0.25) is 0 Å². The Morgan fingerprint density at radius 1 is 1.15 bits per heavy atom. The van der Waals surface area contributed by atoms with Crippen molar-refractivity contribution in [3.05, 3.63) is 59.7 Å². The number of halogens is 3. The zero-order valence-electron chi connectivity index (χ0n) is 17.9. The van der Waals surface area contributed by atoms with E-state index in [0.717, 1.165) is 17.7 Å². The second kappa shape index (κ2) is 9.72. The van der Waals surface area contributed by atoms with Crippen LogP contribution >= 0.6 is 0 Å². The quantitative estimate of drug-likeness (QED) is 0.403. The number of guanidine groups is 2. The number of amides is 2. The number of nitrogens with two attached hydrogens (primary N) is 1. The number of benzene rings is 2. The van der Waals surface area contributed by atoms with Gasteiger partial charge in [-0.2, -0.15) is 18.2 Å². The molecule has 0 fully saturated rings. The molecule has 2 amide bonds. The molecule has 0 spiro atoms. The van der Waals surface area contributed by atoms with E-state index in [1.807, 2.05) is 24.3 Å². The molecule has 174 valence electrons. The summed E-state index contributed by atoms with van der Waals surface area (Å²) in [5.74, 6) is -0.932. The zero-order chi connectivity index (χ0) is 24.2. The number of anilines is 2. The summed E-state index contributed by atoms with van der Waals surface area (Å²) >= 11 is 0. The van der Waals surface area contributed by atoms with Gasteiger partial charge in [0.05, 0.1) is 12.0 Å². The van der Waals surface area contributed by atoms with Crippen molar-refractivity contribution in [2.75, 3.05) is 10.6 Å². The Kier molecular flexibility index (Phi) is 7.00. The average Bonchev–Trinajstić information content (AvgIpc) is 3.06. The summed E-state index contributed by atoms with van der Waals surface area (Å²) in [5.41, 5.74) is 6.79. The van der Waals surface area contributed by atoms with Crippen molar-refractivity contribution in [3.63, 3.8) is 0 Å². The number of aliphatic imine (C=N–C) groups is 2. The first-order valence-electron chi connectivity index (χ1n) is 10.1. The Labute approximate surface area is 188 Å². The van der Waals surface area contributed by atoms with Gasteiger partial charge in [-0.05, 0) is 41.8 Å². The third-order valence-electron chi connectivity index (χ3n) is 4.74. The van der Waals surface area contributed by atoms with Gasteiger partial charge in [0, 0.05) is 11.4 Å². The van der Waals surface area contributed by atoms with Crippen LogP contribution in [0.1, 0.15) is 37.3 Å². The van der Waals surface area contributed by atoms with E-state index in [1.165, 1.54) is 12.1 Å². The fourth-order valence-electron chi connectivity index (χ4n) is 3.03. The molecule has 11 heteroatoms. The SMILES string of the molecule is CC(C)c1ccc(NC(N)=NC2=N[C@H](CC(=O)Nc3cccc(C(F)(F)F)c3)C(=O)N2)cc1. The predicted molar refractivity (Wildman–Crippen MR) is 120 cm³/mol. The molecule has 5 N–H and O–H groups in total. The van der Waals surface area contributed by atoms with Crippen molar-refractivity contribution < 1.29 is 22.8 Å². The maximum Gasteiger partial charge on any atom is 0.416 e. The average molecular weight is 460 g/mol. The molecule has 1 atom stereocenters.